The molecule has 0 aromatic heterocycles. The summed E-state index contributed by atoms with van der Waals surface area (Å²) >= 11 is 0. The van der Waals surface area contributed by atoms with Gasteiger partial charge in [0.1, 0.15) is 0 Å². The van der Waals surface area contributed by atoms with E-state index in [2.05, 4.69) is 69.2 Å². The van der Waals surface area contributed by atoms with Gasteiger partial charge >= 0.3 is 23.9 Å². The molecule has 10 heteroatoms. The van der Waals surface area contributed by atoms with Crippen LogP contribution < -0.4 is 0 Å². The van der Waals surface area contributed by atoms with Crippen molar-refractivity contribution in [1.29, 1.82) is 0 Å². The molecule has 0 spiro atoms. The fourth-order valence-corrected chi connectivity index (χ4v) is 11.4. The van der Waals surface area contributed by atoms with Gasteiger partial charge in [0.15, 0.2) is 0 Å². The van der Waals surface area contributed by atoms with Gasteiger partial charge in [-0.25, -0.2) is 19.2 Å². The molecule has 1 rings (SSSR count). The van der Waals surface area contributed by atoms with Gasteiger partial charge in [-0.15, -0.1) is 0 Å². The van der Waals surface area contributed by atoms with E-state index >= 15 is 0 Å². The number of aliphatic hydroxyl groups excluding tert-OH is 1. The molecule has 0 aliphatic heterocycles. The smallest absolute Gasteiger partial charge is 0.339 e. The fourth-order valence-electron chi connectivity index (χ4n) is 11.4. The molecule has 0 fully saturated rings. The number of unbranched alkanes of at least 4 members (excludes halogenated alkanes) is 35. The molecular weight excluding hydrogens is 1060 g/mol. The Labute approximate surface area is 524 Å². The molecule has 1 aliphatic rings. The Bertz CT molecular complexity index is 1660. The summed E-state index contributed by atoms with van der Waals surface area (Å²) in [6, 6.07) is 0. The number of hydrogen-bond acceptors (Lipinski definition) is 10. The monoisotopic (exact) mass is 1200 g/mol. The molecule has 0 aromatic carbocycles. The Morgan fingerprint density at radius 1 is 0.235 bits per heavy atom. The van der Waals surface area contributed by atoms with Crippen LogP contribution in [0.3, 0.4) is 0 Å². The Balaban J connectivity index is 3.58. The van der Waals surface area contributed by atoms with Crippen molar-refractivity contribution in [3.8, 4) is 0 Å². The maximum atomic E-state index is 14.8. The van der Waals surface area contributed by atoms with E-state index in [0.29, 0.717) is 32.1 Å². The lowest BCUT2D eigenvalue weighted by atomic mass is 10.0. The third-order valence-electron chi connectivity index (χ3n) is 16.8. The zero-order chi connectivity index (χ0) is 62.6. The maximum Gasteiger partial charge on any atom is 0.339 e. The van der Waals surface area contributed by atoms with E-state index in [1.54, 1.807) is 0 Å². The molecule has 0 bridgehead atoms. The molecule has 85 heavy (non-hydrogen) atoms. The minimum Gasteiger partial charge on any atom is -0.481 e. The van der Waals surface area contributed by atoms with E-state index in [1.165, 1.54) is 161 Å². The maximum absolute atomic E-state index is 14.8. The highest BCUT2D eigenvalue weighted by atomic mass is 16.6. The summed E-state index contributed by atoms with van der Waals surface area (Å²) < 4.78 is 29.9. The number of aliphatic hydroxyl groups is 1. The molecule has 0 aromatic rings. The van der Waals surface area contributed by atoms with E-state index in [-0.39, 0.29) is 38.6 Å². The van der Waals surface area contributed by atoms with Gasteiger partial charge in [-0.1, -0.05) is 326 Å². The minimum absolute atomic E-state index is 0.0496. The molecule has 10 nitrogen and oxygen atoms in total. The quantitative estimate of drug-likeness (QED) is 0.0271. The second-order valence-electron chi connectivity index (χ2n) is 27.6. The third kappa shape index (κ3) is 43.9. The van der Waals surface area contributed by atoms with Crippen LogP contribution in [0.2, 0.25) is 0 Å². The highest BCUT2D eigenvalue weighted by molar-refractivity contribution is 6.23. The molecule has 0 heterocycles. The zero-order valence-electron chi connectivity index (χ0n) is 57.4. The topological polar surface area (TPSA) is 135 Å². The first-order valence-electron chi connectivity index (χ1n) is 36.3. The van der Waals surface area contributed by atoms with Crippen LogP contribution >= 0.6 is 0 Å². The Morgan fingerprint density at radius 3 is 0.576 bits per heavy atom. The van der Waals surface area contributed by atoms with E-state index in [0.717, 1.165) is 126 Å². The number of carbonyl (C=O) groups excluding carboxylic acids is 4. The van der Waals surface area contributed by atoms with Gasteiger partial charge in [-0.2, -0.15) is 0 Å². The van der Waals surface area contributed by atoms with E-state index in [4.69, 9.17) is 23.7 Å². The summed E-state index contributed by atoms with van der Waals surface area (Å²) in [5.74, 6) is -0.858. The van der Waals surface area contributed by atoms with Crippen molar-refractivity contribution >= 4 is 23.9 Å². The number of esters is 4. The molecule has 0 saturated heterocycles. The van der Waals surface area contributed by atoms with Gasteiger partial charge in [-0.3, -0.25) is 0 Å². The Hall–Kier alpha value is -3.30. The zero-order valence-corrected chi connectivity index (χ0v) is 57.4. The van der Waals surface area contributed by atoms with Crippen molar-refractivity contribution in [3.63, 3.8) is 0 Å². The highest BCUT2D eigenvalue weighted by Gasteiger charge is 2.47. The number of carbonyl (C=O) groups is 4. The Morgan fingerprint density at radius 2 is 0.388 bits per heavy atom. The predicted octanol–water partition coefficient (Wildman–Crippen LogP) is 22.4. The van der Waals surface area contributed by atoms with Gasteiger partial charge in [0.2, 0.25) is 0 Å². The lowest BCUT2D eigenvalue weighted by Crippen LogP contribution is -2.21. The van der Waals surface area contributed by atoms with Crippen molar-refractivity contribution in [2.24, 2.45) is 29.6 Å². The Kier molecular flexibility index (Phi) is 51.4. The molecule has 0 unspecified atom stereocenters. The normalized spacial score (nSPS) is 12.8. The van der Waals surface area contributed by atoms with Gasteiger partial charge < -0.3 is 28.8 Å². The summed E-state index contributed by atoms with van der Waals surface area (Å²) in [5, 5.41) is 12.1. The van der Waals surface area contributed by atoms with E-state index < -0.39 is 52.1 Å². The average Bonchev–Trinajstić information content (AvgIpc) is 1.72. The first-order chi connectivity index (χ1) is 41.1. The van der Waals surface area contributed by atoms with E-state index in [9.17, 15) is 24.3 Å². The molecular formula is C75H136O10. The van der Waals surface area contributed by atoms with Gasteiger partial charge in [-0.05, 0) is 61.7 Å². The van der Waals surface area contributed by atoms with Crippen LogP contribution in [0.4, 0.5) is 0 Å². The van der Waals surface area contributed by atoms with Crippen LogP contribution in [-0.4, -0.2) is 62.0 Å². The number of ether oxygens (including phenoxy) is 5. The predicted molar refractivity (Wildman–Crippen MR) is 355 cm³/mol. The standard InChI is InChI=1S/C75H136O10/c1-61(2)51-41-31-21-11-16-26-36-46-56-81-71(76)66-67(72(77)82-57-47-37-27-17-12-22-32-42-52-62(3)4)69(74(79)84-59-49-39-29-19-14-24-34-44-54-64(7)8)70(75(80)85-60-50-40-30-20-15-25-35-45-55-65(9)10)68(66)73(78)83-58-48-38-28-18-13-23-33-43-53-63(5)6/h61-65,76H,11-60H2,1-10H3. The second-order valence-corrected chi connectivity index (χ2v) is 27.6. The lowest BCUT2D eigenvalue weighted by Gasteiger charge is -2.14. The first-order valence-corrected chi connectivity index (χ1v) is 36.3. The van der Waals surface area contributed by atoms with Crippen molar-refractivity contribution in [2.45, 2.75) is 358 Å². The van der Waals surface area contributed by atoms with Gasteiger partial charge in [0.25, 0.3) is 5.95 Å². The molecule has 0 radical (unpaired) electrons. The van der Waals surface area contributed by atoms with Crippen LogP contribution in [0.25, 0.3) is 0 Å². The van der Waals surface area contributed by atoms with Crippen LogP contribution in [0.15, 0.2) is 33.8 Å². The minimum atomic E-state index is -0.952. The third-order valence-corrected chi connectivity index (χ3v) is 16.8. The number of hydrogen-bond donors (Lipinski definition) is 1. The molecule has 1 aliphatic carbocycles. The van der Waals surface area contributed by atoms with Crippen LogP contribution in [0.1, 0.15) is 358 Å². The van der Waals surface area contributed by atoms with Crippen molar-refractivity contribution in [3.05, 3.63) is 33.8 Å². The molecule has 1 N–H and O–H groups in total. The van der Waals surface area contributed by atoms with Crippen molar-refractivity contribution in [1.82, 2.24) is 0 Å². The summed E-state index contributed by atoms with van der Waals surface area (Å²) in [4.78, 5) is 59.1. The van der Waals surface area contributed by atoms with Crippen LogP contribution in [-0.2, 0) is 42.9 Å². The van der Waals surface area contributed by atoms with E-state index in [1.807, 2.05) is 0 Å². The largest absolute Gasteiger partial charge is 0.481 e. The van der Waals surface area contributed by atoms with Crippen LogP contribution in [0.5, 0.6) is 0 Å². The first kappa shape index (κ1) is 79.7. The van der Waals surface area contributed by atoms with Crippen LogP contribution in [0, 0.1) is 29.6 Å². The van der Waals surface area contributed by atoms with Crippen molar-refractivity contribution < 1.29 is 48.0 Å². The summed E-state index contributed by atoms with van der Waals surface area (Å²) in [6.07, 6.45) is 48.6. The summed E-state index contributed by atoms with van der Waals surface area (Å²) in [5.41, 5.74) is -2.08. The summed E-state index contributed by atoms with van der Waals surface area (Å²) in [6.45, 7) is 23.0. The fraction of sp³-hybridized carbons (Fsp3) is 0.867. The number of rotatable bonds is 60. The molecule has 0 atom stereocenters. The molecule has 496 valence electrons. The second kappa shape index (κ2) is 54.8. The highest BCUT2D eigenvalue weighted by Crippen LogP contribution is 2.42. The van der Waals surface area contributed by atoms with Crippen molar-refractivity contribution in [2.75, 3.05) is 33.0 Å². The average molecular weight is 1200 g/mol. The SMILES string of the molecule is CC(C)CCCCCCCCCCOC(=O)C1=C(C(=O)OCCCCCCCCCCC(C)C)C(C(=O)OCCCCCCCCCCC(C)C)=C(C(=O)OCCCCCCCCCCC(C)C)C1=C(O)OCCCCCCCCCCC(C)C. The van der Waals surface area contributed by atoms with Gasteiger partial charge in [0.05, 0.1) is 60.9 Å². The van der Waals surface area contributed by atoms with Gasteiger partial charge in [0, 0.05) is 0 Å². The molecule has 0 saturated carbocycles. The lowest BCUT2D eigenvalue weighted by molar-refractivity contribution is -0.144. The molecule has 0 amide bonds. The summed E-state index contributed by atoms with van der Waals surface area (Å²) in [7, 11) is 0.